The van der Waals surface area contributed by atoms with Crippen molar-refractivity contribution >= 4 is 27.8 Å². The average molecular weight is 311 g/mol. The number of ether oxygens (including phenoxy) is 1. The number of aromatic nitrogens is 1. The maximum absolute atomic E-state index is 5.01. The van der Waals surface area contributed by atoms with Crippen LogP contribution in [0.15, 0.2) is 22.9 Å². The second-order valence-corrected chi connectivity index (χ2v) is 6.25. The van der Waals surface area contributed by atoms with E-state index in [1.54, 1.807) is 29.8 Å². The molecule has 110 valence electrons. The van der Waals surface area contributed by atoms with Crippen molar-refractivity contribution in [3.05, 3.63) is 33.5 Å². The zero-order valence-corrected chi connectivity index (χ0v) is 13.6. The van der Waals surface area contributed by atoms with Crippen LogP contribution in [0.3, 0.4) is 0 Å². The van der Waals surface area contributed by atoms with Crippen LogP contribution in [-0.4, -0.2) is 31.8 Å². The van der Waals surface area contributed by atoms with E-state index in [1.165, 1.54) is 4.88 Å². The normalized spacial score (nSPS) is 10.9. The highest BCUT2D eigenvalue weighted by molar-refractivity contribution is 7.13. The molecule has 2 rings (SSSR count). The number of anilines is 1. The number of thiophene rings is 1. The first-order valence-electron chi connectivity index (χ1n) is 6.75. The van der Waals surface area contributed by atoms with E-state index in [0.29, 0.717) is 0 Å². The minimum Gasteiger partial charge on any atom is -0.383 e. The Labute approximate surface area is 128 Å². The van der Waals surface area contributed by atoms with Gasteiger partial charge in [0.2, 0.25) is 0 Å². The van der Waals surface area contributed by atoms with Crippen LogP contribution < -0.4 is 10.2 Å². The molecule has 2 aromatic heterocycles. The standard InChI is InChI=1S/C14H21N3OS2/c1-3-17(10-13-5-4-8-19-13)14-16-12(11-20-14)9-15-6-7-18-2/h4-5,8,11,15H,3,6-7,9-10H2,1-2H3. The zero-order chi connectivity index (χ0) is 14.2. The average Bonchev–Trinajstić information content (AvgIpc) is 3.12. The Bertz CT molecular complexity index is 484. The van der Waals surface area contributed by atoms with Crippen molar-refractivity contribution in [2.24, 2.45) is 0 Å². The SMILES string of the molecule is CCN(Cc1cccs1)c1nc(CNCCOC)cs1. The van der Waals surface area contributed by atoms with Gasteiger partial charge in [-0.3, -0.25) is 0 Å². The molecule has 4 nitrogen and oxygen atoms in total. The van der Waals surface area contributed by atoms with E-state index in [4.69, 9.17) is 9.72 Å². The lowest BCUT2D eigenvalue weighted by Crippen LogP contribution is -2.22. The molecule has 0 spiro atoms. The summed E-state index contributed by atoms with van der Waals surface area (Å²) in [5.74, 6) is 0. The van der Waals surface area contributed by atoms with Crippen LogP contribution >= 0.6 is 22.7 Å². The topological polar surface area (TPSA) is 37.4 Å². The van der Waals surface area contributed by atoms with E-state index in [-0.39, 0.29) is 0 Å². The summed E-state index contributed by atoms with van der Waals surface area (Å²) >= 11 is 3.51. The summed E-state index contributed by atoms with van der Waals surface area (Å²) in [6.45, 7) is 6.48. The van der Waals surface area contributed by atoms with E-state index in [0.717, 1.165) is 43.6 Å². The number of rotatable bonds is 9. The third kappa shape index (κ3) is 4.56. The highest BCUT2D eigenvalue weighted by Gasteiger charge is 2.10. The molecule has 2 heterocycles. The van der Waals surface area contributed by atoms with Crippen molar-refractivity contribution in [3.63, 3.8) is 0 Å². The zero-order valence-electron chi connectivity index (χ0n) is 12.0. The first kappa shape index (κ1) is 15.4. The summed E-state index contributed by atoms with van der Waals surface area (Å²) < 4.78 is 5.01. The lowest BCUT2D eigenvalue weighted by Gasteiger charge is -2.18. The molecule has 0 saturated heterocycles. The second kappa shape index (κ2) is 8.36. The molecule has 0 aliphatic heterocycles. The fourth-order valence-electron chi connectivity index (χ4n) is 1.82. The lowest BCUT2D eigenvalue weighted by molar-refractivity contribution is 0.199. The number of nitrogens with one attached hydrogen (secondary N) is 1. The van der Waals surface area contributed by atoms with Crippen LogP contribution in [0.1, 0.15) is 17.5 Å². The van der Waals surface area contributed by atoms with Crippen LogP contribution in [0.2, 0.25) is 0 Å². The van der Waals surface area contributed by atoms with Crippen molar-refractivity contribution in [1.82, 2.24) is 10.3 Å². The molecule has 20 heavy (non-hydrogen) atoms. The molecule has 0 fully saturated rings. The smallest absolute Gasteiger partial charge is 0.185 e. The van der Waals surface area contributed by atoms with E-state index < -0.39 is 0 Å². The van der Waals surface area contributed by atoms with Gasteiger partial charge in [0.1, 0.15) is 0 Å². The molecule has 1 N–H and O–H groups in total. The summed E-state index contributed by atoms with van der Waals surface area (Å²) in [5, 5.41) is 8.67. The van der Waals surface area contributed by atoms with E-state index in [1.807, 2.05) is 0 Å². The molecule has 0 radical (unpaired) electrons. The summed E-state index contributed by atoms with van der Waals surface area (Å²) in [6.07, 6.45) is 0. The molecule has 0 unspecified atom stereocenters. The van der Waals surface area contributed by atoms with Crippen molar-refractivity contribution in [3.8, 4) is 0 Å². The van der Waals surface area contributed by atoms with Crippen molar-refractivity contribution in [2.75, 3.05) is 31.7 Å². The molecule has 0 atom stereocenters. The minimum absolute atomic E-state index is 0.733. The van der Waals surface area contributed by atoms with Gasteiger partial charge >= 0.3 is 0 Å². The molecule has 0 aliphatic carbocycles. The number of methoxy groups -OCH3 is 1. The van der Waals surface area contributed by atoms with Gasteiger partial charge < -0.3 is 15.0 Å². The third-order valence-corrected chi connectivity index (χ3v) is 4.72. The van der Waals surface area contributed by atoms with Crippen LogP contribution in [-0.2, 0) is 17.8 Å². The Kier molecular flexibility index (Phi) is 6.46. The van der Waals surface area contributed by atoms with Crippen LogP contribution in [0.5, 0.6) is 0 Å². The van der Waals surface area contributed by atoms with Crippen LogP contribution in [0, 0.1) is 0 Å². The second-order valence-electron chi connectivity index (χ2n) is 4.38. The molecule has 0 aliphatic rings. The minimum atomic E-state index is 0.733. The Morgan fingerprint density at radius 1 is 1.40 bits per heavy atom. The highest BCUT2D eigenvalue weighted by Crippen LogP contribution is 2.23. The van der Waals surface area contributed by atoms with Gasteiger partial charge in [-0.1, -0.05) is 6.07 Å². The summed E-state index contributed by atoms with van der Waals surface area (Å²) in [5.41, 5.74) is 1.10. The number of thiazole rings is 1. The fraction of sp³-hybridized carbons (Fsp3) is 0.500. The maximum Gasteiger partial charge on any atom is 0.185 e. The number of hydrogen-bond acceptors (Lipinski definition) is 6. The third-order valence-electron chi connectivity index (χ3n) is 2.91. The molecular formula is C14H21N3OS2. The molecule has 0 aromatic carbocycles. The largest absolute Gasteiger partial charge is 0.383 e. The fourth-order valence-corrected chi connectivity index (χ4v) is 3.43. The molecule has 6 heteroatoms. The van der Waals surface area contributed by atoms with E-state index >= 15 is 0 Å². The van der Waals surface area contributed by atoms with Crippen LogP contribution in [0.4, 0.5) is 5.13 Å². The maximum atomic E-state index is 5.01. The summed E-state index contributed by atoms with van der Waals surface area (Å²) in [6, 6.07) is 4.27. The lowest BCUT2D eigenvalue weighted by atomic mass is 10.4. The first-order chi connectivity index (χ1) is 9.83. The molecular weight excluding hydrogens is 290 g/mol. The Hall–Kier alpha value is -0.950. The Morgan fingerprint density at radius 2 is 2.30 bits per heavy atom. The predicted molar refractivity (Wildman–Crippen MR) is 86.7 cm³/mol. The molecule has 0 bridgehead atoms. The van der Waals surface area contributed by atoms with Crippen molar-refractivity contribution < 1.29 is 4.74 Å². The predicted octanol–water partition coefficient (Wildman–Crippen LogP) is 2.97. The molecule has 0 saturated carbocycles. The van der Waals surface area contributed by atoms with Gasteiger partial charge in [0.05, 0.1) is 18.8 Å². The van der Waals surface area contributed by atoms with Gasteiger partial charge in [0, 0.05) is 37.0 Å². The van der Waals surface area contributed by atoms with E-state index in [2.05, 4.69) is 40.0 Å². The van der Waals surface area contributed by atoms with E-state index in [9.17, 15) is 0 Å². The Morgan fingerprint density at radius 3 is 3.00 bits per heavy atom. The van der Waals surface area contributed by atoms with Crippen molar-refractivity contribution in [2.45, 2.75) is 20.0 Å². The van der Waals surface area contributed by atoms with Gasteiger partial charge in [0.15, 0.2) is 5.13 Å². The quantitative estimate of drug-likeness (QED) is 0.723. The van der Waals surface area contributed by atoms with Gasteiger partial charge in [0.25, 0.3) is 0 Å². The summed E-state index contributed by atoms with van der Waals surface area (Å²) in [7, 11) is 1.71. The van der Waals surface area contributed by atoms with Gasteiger partial charge in [-0.15, -0.1) is 22.7 Å². The van der Waals surface area contributed by atoms with Gasteiger partial charge in [-0.25, -0.2) is 4.98 Å². The molecule has 0 amide bonds. The number of hydrogen-bond donors (Lipinski definition) is 1. The van der Waals surface area contributed by atoms with Gasteiger partial charge in [-0.2, -0.15) is 0 Å². The number of nitrogens with zero attached hydrogens (tertiary/aromatic N) is 2. The van der Waals surface area contributed by atoms with Gasteiger partial charge in [-0.05, 0) is 18.4 Å². The molecule has 2 aromatic rings. The Balaban J connectivity index is 1.88. The monoisotopic (exact) mass is 311 g/mol. The van der Waals surface area contributed by atoms with Crippen molar-refractivity contribution in [1.29, 1.82) is 0 Å². The highest BCUT2D eigenvalue weighted by atomic mass is 32.1. The van der Waals surface area contributed by atoms with Crippen LogP contribution in [0.25, 0.3) is 0 Å². The first-order valence-corrected chi connectivity index (χ1v) is 8.50. The summed E-state index contributed by atoms with van der Waals surface area (Å²) in [4.78, 5) is 8.40.